The van der Waals surface area contributed by atoms with Crippen molar-refractivity contribution in [2.24, 2.45) is 0 Å². The van der Waals surface area contributed by atoms with Crippen molar-refractivity contribution >= 4 is 11.9 Å². The lowest BCUT2D eigenvalue weighted by Crippen LogP contribution is -2.40. The zero-order valence-corrected chi connectivity index (χ0v) is 12.6. The van der Waals surface area contributed by atoms with Crippen LogP contribution >= 0.6 is 0 Å². The summed E-state index contributed by atoms with van der Waals surface area (Å²) in [6.07, 6.45) is 2.27. The van der Waals surface area contributed by atoms with Crippen molar-refractivity contribution < 1.29 is 14.3 Å². The highest BCUT2D eigenvalue weighted by Crippen LogP contribution is 2.29. The van der Waals surface area contributed by atoms with Gasteiger partial charge in [-0.1, -0.05) is 0 Å². The van der Waals surface area contributed by atoms with Crippen molar-refractivity contribution in [2.45, 2.75) is 51.8 Å². The third kappa shape index (κ3) is 2.69. The molecule has 1 unspecified atom stereocenters. The van der Waals surface area contributed by atoms with E-state index in [-0.39, 0.29) is 17.9 Å². The Morgan fingerprint density at radius 3 is 2.65 bits per heavy atom. The fourth-order valence-corrected chi connectivity index (χ4v) is 2.29. The van der Waals surface area contributed by atoms with E-state index in [1.165, 1.54) is 4.90 Å². The number of carbonyl (C=O) groups excluding carboxylic acids is 2. The van der Waals surface area contributed by atoms with Crippen molar-refractivity contribution in [2.75, 3.05) is 7.05 Å². The summed E-state index contributed by atoms with van der Waals surface area (Å²) >= 11 is 0. The summed E-state index contributed by atoms with van der Waals surface area (Å²) in [6, 6.07) is 1.32. The largest absolute Gasteiger partial charge is 0.458 e. The van der Waals surface area contributed by atoms with E-state index in [0.717, 1.165) is 0 Å². The van der Waals surface area contributed by atoms with Crippen LogP contribution < -0.4 is 0 Å². The third-order valence-electron chi connectivity index (χ3n) is 3.48. The predicted molar refractivity (Wildman–Crippen MR) is 73.3 cm³/mol. The lowest BCUT2D eigenvalue weighted by atomic mass is 10.0. The van der Waals surface area contributed by atoms with Crippen LogP contribution in [0.4, 0.5) is 0 Å². The van der Waals surface area contributed by atoms with Crippen LogP contribution in [0.15, 0.2) is 12.3 Å². The van der Waals surface area contributed by atoms with E-state index in [2.05, 4.69) is 5.10 Å². The number of nitrogens with zero attached hydrogens (tertiary/aromatic N) is 3. The maximum absolute atomic E-state index is 12.4. The molecule has 6 nitrogen and oxygen atoms in total. The number of rotatable bonds is 3. The van der Waals surface area contributed by atoms with Crippen molar-refractivity contribution in [3.63, 3.8) is 0 Å². The van der Waals surface area contributed by atoms with Crippen molar-refractivity contribution in [3.8, 4) is 0 Å². The van der Waals surface area contributed by atoms with Gasteiger partial charge in [-0.15, -0.1) is 0 Å². The first kappa shape index (κ1) is 14.6. The normalized spacial score (nSPS) is 21.1. The summed E-state index contributed by atoms with van der Waals surface area (Å²) in [5.74, 6) is -0.613. The fraction of sp³-hybridized carbons (Fsp3) is 0.643. The van der Waals surface area contributed by atoms with Crippen LogP contribution in [0.2, 0.25) is 0 Å². The Morgan fingerprint density at radius 2 is 2.20 bits per heavy atom. The summed E-state index contributed by atoms with van der Waals surface area (Å²) in [6.45, 7) is 7.66. The van der Waals surface area contributed by atoms with Gasteiger partial charge in [0.05, 0.1) is 0 Å². The molecule has 1 amide bonds. The maximum Gasteiger partial charge on any atom is 0.329 e. The second-order valence-electron chi connectivity index (χ2n) is 6.09. The molecule has 0 aliphatic carbocycles. The van der Waals surface area contributed by atoms with Gasteiger partial charge in [-0.05, 0) is 33.8 Å². The lowest BCUT2D eigenvalue weighted by Gasteiger charge is -2.21. The van der Waals surface area contributed by atoms with Gasteiger partial charge in [0.25, 0.3) is 5.91 Å². The van der Waals surface area contributed by atoms with Gasteiger partial charge in [-0.3, -0.25) is 9.48 Å². The van der Waals surface area contributed by atoms with Gasteiger partial charge in [-0.2, -0.15) is 5.10 Å². The highest BCUT2D eigenvalue weighted by molar-refractivity contribution is 5.95. The number of cyclic esters (lactones) is 1. The number of hydrogen-bond acceptors (Lipinski definition) is 4. The average Bonchev–Trinajstić information content (AvgIpc) is 2.92. The van der Waals surface area contributed by atoms with E-state index in [1.54, 1.807) is 24.0 Å². The van der Waals surface area contributed by atoms with E-state index < -0.39 is 11.6 Å². The Labute approximate surface area is 118 Å². The minimum atomic E-state index is -0.540. The molecule has 1 aromatic rings. The Kier molecular flexibility index (Phi) is 3.58. The molecule has 0 radical (unpaired) electrons. The van der Waals surface area contributed by atoms with Crippen LogP contribution in [-0.4, -0.2) is 45.2 Å². The molecule has 6 heteroatoms. The van der Waals surface area contributed by atoms with Gasteiger partial charge >= 0.3 is 5.97 Å². The Bertz CT molecular complexity index is 534. The summed E-state index contributed by atoms with van der Waals surface area (Å²) in [5, 5.41) is 4.24. The van der Waals surface area contributed by atoms with Gasteiger partial charge in [0, 0.05) is 25.7 Å². The van der Waals surface area contributed by atoms with Gasteiger partial charge in [-0.25, -0.2) is 4.79 Å². The lowest BCUT2D eigenvalue weighted by molar-refractivity contribution is -0.148. The zero-order valence-electron chi connectivity index (χ0n) is 12.6. The molecular weight excluding hydrogens is 258 g/mol. The molecule has 110 valence electrons. The van der Waals surface area contributed by atoms with Crippen LogP contribution in [0.3, 0.4) is 0 Å². The Balaban J connectivity index is 2.14. The smallest absolute Gasteiger partial charge is 0.329 e. The van der Waals surface area contributed by atoms with E-state index in [1.807, 2.05) is 27.7 Å². The summed E-state index contributed by atoms with van der Waals surface area (Å²) in [4.78, 5) is 25.6. The molecule has 1 atom stereocenters. The first-order valence-corrected chi connectivity index (χ1v) is 6.76. The molecule has 0 aromatic carbocycles. The average molecular weight is 279 g/mol. The van der Waals surface area contributed by atoms with Gasteiger partial charge in [0.15, 0.2) is 0 Å². The molecule has 0 spiro atoms. The summed E-state index contributed by atoms with van der Waals surface area (Å²) in [7, 11) is 1.62. The number of ether oxygens (including phenoxy) is 1. The van der Waals surface area contributed by atoms with E-state index in [0.29, 0.717) is 12.1 Å². The molecule has 1 aromatic heterocycles. The monoisotopic (exact) mass is 279 g/mol. The molecule has 2 heterocycles. The molecule has 20 heavy (non-hydrogen) atoms. The number of carbonyl (C=O) groups is 2. The predicted octanol–water partition coefficient (Wildman–Crippen LogP) is 1.63. The molecule has 1 aliphatic heterocycles. The molecule has 1 fully saturated rings. The fourth-order valence-electron chi connectivity index (χ4n) is 2.29. The summed E-state index contributed by atoms with van der Waals surface area (Å²) < 4.78 is 6.97. The van der Waals surface area contributed by atoms with Crippen molar-refractivity contribution in [1.29, 1.82) is 0 Å². The standard InChI is InChI=1S/C14H21N3O3/c1-9(2)17-7-6-10(15-17)12(18)16(5)11-8-14(3,4)20-13(11)19/h6-7,9,11H,8H2,1-5H3. The minimum Gasteiger partial charge on any atom is -0.458 e. The van der Waals surface area contributed by atoms with Gasteiger partial charge in [0.2, 0.25) is 0 Å². The number of likely N-dealkylation sites (N-methyl/N-ethyl adjacent to an activating group) is 1. The molecule has 0 saturated carbocycles. The van der Waals surface area contributed by atoms with Gasteiger partial charge in [0.1, 0.15) is 17.3 Å². The number of amides is 1. The van der Waals surface area contributed by atoms with Crippen LogP contribution in [0.5, 0.6) is 0 Å². The van der Waals surface area contributed by atoms with Crippen LogP contribution in [0.25, 0.3) is 0 Å². The third-order valence-corrected chi connectivity index (χ3v) is 3.48. The molecule has 1 aliphatic rings. The minimum absolute atomic E-state index is 0.192. The number of hydrogen-bond donors (Lipinski definition) is 0. The highest BCUT2D eigenvalue weighted by Gasteiger charge is 2.43. The summed E-state index contributed by atoms with van der Waals surface area (Å²) in [5.41, 5.74) is -0.174. The molecule has 0 bridgehead atoms. The Morgan fingerprint density at radius 1 is 1.55 bits per heavy atom. The molecule has 1 saturated heterocycles. The SMILES string of the molecule is CC(C)n1ccc(C(=O)N(C)C2CC(C)(C)OC2=O)n1. The zero-order chi connectivity index (χ0) is 15.1. The van der Waals surface area contributed by atoms with Crippen LogP contribution in [0, 0.1) is 0 Å². The van der Waals surface area contributed by atoms with Crippen LogP contribution in [-0.2, 0) is 9.53 Å². The van der Waals surface area contributed by atoms with Crippen molar-refractivity contribution in [1.82, 2.24) is 14.7 Å². The number of aromatic nitrogens is 2. The van der Waals surface area contributed by atoms with Crippen molar-refractivity contribution in [3.05, 3.63) is 18.0 Å². The quantitative estimate of drug-likeness (QED) is 0.789. The molecule has 0 N–H and O–H groups in total. The first-order valence-electron chi connectivity index (χ1n) is 6.76. The molecule has 2 rings (SSSR count). The molecular formula is C14H21N3O3. The van der Waals surface area contributed by atoms with Crippen LogP contribution in [0.1, 0.15) is 50.6 Å². The van der Waals surface area contributed by atoms with Gasteiger partial charge < -0.3 is 9.64 Å². The second kappa shape index (κ2) is 4.92. The Hall–Kier alpha value is -1.85. The number of esters is 1. The maximum atomic E-state index is 12.4. The van der Waals surface area contributed by atoms with E-state index >= 15 is 0 Å². The van der Waals surface area contributed by atoms with E-state index in [9.17, 15) is 9.59 Å². The topological polar surface area (TPSA) is 64.4 Å². The highest BCUT2D eigenvalue weighted by atomic mass is 16.6. The second-order valence-corrected chi connectivity index (χ2v) is 6.09. The first-order chi connectivity index (χ1) is 9.21. The van der Waals surface area contributed by atoms with E-state index in [4.69, 9.17) is 4.74 Å².